The lowest BCUT2D eigenvalue weighted by Gasteiger charge is -2.13. The minimum Gasteiger partial charge on any atom is -0.480 e. The molecule has 3 aromatic rings. The van der Waals surface area contributed by atoms with Crippen molar-refractivity contribution in [1.29, 1.82) is 5.26 Å². The first-order chi connectivity index (χ1) is 14.4. The van der Waals surface area contributed by atoms with Gasteiger partial charge in [0.1, 0.15) is 11.6 Å². The van der Waals surface area contributed by atoms with E-state index in [1.165, 1.54) is 18.9 Å². The third-order valence-electron chi connectivity index (χ3n) is 4.94. The molecule has 0 spiro atoms. The lowest BCUT2D eigenvalue weighted by atomic mass is 9.96. The second kappa shape index (κ2) is 9.10. The van der Waals surface area contributed by atoms with E-state index in [9.17, 15) is 13.7 Å². The predicted molar refractivity (Wildman–Crippen MR) is 118 cm³/mol. The SMILES string of the molecule is CCCCc1ccc(-c2nc(OC)c(C#N)cc2-c2ccc(S(C)(=O)=O)cc2)cc1. The molecule has 5 nitrogen and oxygen atoms in total. The second-order valence-corrected chi connectivity index (χ2v) is 9.17. The Bertz CT molecular complexity index is 1180. The average Bonchev–Trinajstić information content (AvgIpc) is 2.76. The zero-order valence-electron chi connectivity index (χ0n) is 17.3. The molecule has 1 heterocycles. The van der Waals surface area contributed by atoms with Crippen LogP contribution in [0.3, 0.4) is 0 Å². The van der Waals surface area contributed by atoms with Crippen molar-refractivity contribution >= 4 is 9.84 Å². The van der Waals surface area contributed by atoms with Crippen LogP contribution in [0.5, 0.6) is 5.88 Å². The molecule has 0 saturated heterocycles. The molecular weight excluding hydrogens is 396 g/mol. The fourth-order valence-corrected chi connectivity index (χ4v) is 3.89. The van der Waals surface area contributed by atoms with E-state index in [4.69, 9.17) is 4.74 Å². The molecule has 0 aliphatic rings. The number of ether oxygens (including phenoxy) is 1. The summed E-state index contributed by atoms with van der Waals surface area (Å²) in [6.07, 6.45) is 4.49. The van der Waals surface area contributed by atoms with Crippen molar-refractivity contribution in [2.45, 2.75) is 31.1 Å². The molecule has 1 aromatic heterocycles. The zero-order valence-corrected chi connectivity index (χ0v) is 18.2. The highest BCUT2D eigenvalue weighted by molar-refractivity contribution is 7.90. The number of methoxy groups -OCH3 is 1. The predicted octanol–water partition coefficient (Wildman–Crippen LogP) is 5.04. The smallest absolute Gasteiger partial charge is 0.232 e. The van der Waals surface area contributed by atoms with E-state index in [1.54, 1.807) is 30.3 Å². The van der Waals surface area contributed by atoms with Gasteiger partial charge in [-0.3, -0.25) is 0 Å². The number of hydrogen-bond donors (Lipinski definition) is 0. The van der Waals surface area contributed by atoms with Crippen LogP contribution in [0.2, 0.25) is 0 Å². The number of unbranched alkanes of at least 4 members (excludes halogenated alkanes) is 1. The van der Waals surface area contributed by atoms with Gasteiger partial charge in [-0.15, -0.1) is 0 Å². The Morgan fingerprint density at radius 2 is 1.67 bits per heavy atom. The molecule has 3 rings (SSSR count). The summed E-state index contributed by atoms with van der Waals surface area (Å²) in [5, 5.41) is 9.50. The highest BCUT2D eigenvalue weighted by atomic mass is 32.2. The molecule has 0 N–H and O–H groups in total. The number of aromatic nitrogens is 1. The maximum Gasteiger partial charge on any atom is 0.232 e. The number of rotatable bonds is 7. The van der Waals surface area contributed by atoms with Gasteiger partial charge in [-0.2, -0.15) is 5.26 Å². The van der Waals surface area contributed by atoms with Crippen LogP contribution in [-0.2, 0) is 16.3 Å². The quantitative estimate of drug-likeness (QED) is 0.535. The van der Waals surface area contributed by atoms with Crippen LogP contribution in [0.1, 0.15) is 30.9 Å². The van der Waals surface area contributed by atoms with E-state index in [2.05, 4.69) is 30.1 Å². The highest BCUT2D eigenvalue weighted by Crippen LogP contribution is 2.35. The number of pyridine rings is 1. The zero-order chi connectivity index (χ0) is 21.7. The molecule has 0 bridgehead atoms. The van der Waals surface area contributed by atoms with Crippen LogP contribution < -0.4 is 4.74 Å². The molecule has 0 aliphatic heterocycles. The molecule has 154 valence electrons. The van der Waals surface area contributed by atoms with E-state index < -0.39 is 9.84 Å². The van der Waals surface area contributed by atoms with Gasteiger partial charge in [0.25, 0.3) is 0 Å². The first kappa shape index (κ1) is 21.5. The summed E-state index contributed by atoms with van der Waals surface area (Å²) in [5.41, 5.74) is 4.69. The van der Waals surface area contributed by atoms with Gasteiger partial charge in [-0.25, -0.2) is 13.4 Å². The number of aryl methyl sites for hydroxylation is 1. The maximum absolute atomic E-state index is 11.8. The van der Waals surface area contributed by atoms with Gasteiger partial charge in [0.2, 0.25) is 5.88 Å². The molecule has 0 radical (unpaired) electrons. The average molecular weight is 421 g/mol. The summed E-state index contributed by atoms with van der Waals surface area (Å²) in [6, 6.07) is 18.7. The molecule has 0 aliphatic carbocycles. The summed E-state index contributed by atoms with van der Waals surface area (Å²) in [4.78, 5) is 4.85. The van der Waals surface area contributed by atoms with Crippen molar-refractivity contribution < 1.29 is 13.2 Å². The van der Waals surface area contributed by atoms with Gasteiger partial charge in [0.05, 0.1) is 17.7 Å². The monoisotopic (exact) mass is 420 g/mol. The minimum atomic E-state index is -3.29. The molecule has 0 atom stereocenters. The van der Waals surface area contributed by atoms with Gasteiger partial charge in [-0.1, -0.05) is 49.7 Å². The van der Waals surface area contributed by atoms with E-state index >= 15 is 0 Å². The number of sulfone groups is 1. The first-order valence-electron chi connectivity index (χ1n) is 9.76. The fraction of sp³-hybridized carbons (Fsp3) is 0.250. The molecule has 0 unspecified atom stereocenters. The fourth-order valence-electron chi connectivity index (χ4n) is 3.26. The van der Waals surface area contributed by atoms with E-state index in [1.807, 2.05) is 12.1 Å². The number of nitriles is 1. The van der Waals surface area contributed by atoms with Crippen LogP contribution in [0, 0.1) is 11.3 Å². The molecule has 30 heavy (non-hydrogen) atoms. The molecular formula is C24H24N2O3S. The summed E-state index contributed by atoms with van der Waals surface area (Å²) in [6.45, 7) is 2.17. The molecule has 0 fully saturated rings. The van der Waals surface area contributed by atoms with Crippen LogP contribution in [0.4, 0.5) is 0 Å². The third-order valence-corrected chi connectivity index (χ3v) is 6.07. The topological polar surface area (TPSA) is 80.0 Å². The standard InChI is InChI=1S/C24H24N2O3S/c1-4-5-6-17-7-9-19(10-8-17)23-22(15-20(16-25)24(26-23)29-2)18-11-13-21(14-12-18)30(3,27)28/h7-15H,4-6H2,1-3H3. The van der Waals surface area contributed by atoms with Crippen LogP contribution in [0.25, 0.3) is 22.4 Å². The molecule has 0 saturated carbocycles. The maximum atomic E-state index is 11.8. The van der Waals surface area contributed by atoms with Crippen molar-refractivity contribution in [1.82, 2.24) is 4.98 Å². The van der Waals surface area contributed by atoms with Gasteiger partial charge >= 0.3 is 0 Å². The van der Waals surface area contributed by atoms with Crippen LogP contribution in [-0.4, -0.2) is 26.8 Å². The summed E-state index contributed by atoms with van der Waals surface area (Å²) >= 11 is 0. The van der Waals surface area contributed by atoms with E-state index in [0.717, 1.165) is 36.0 Å². The first-order valence-corrected chi connectivity index (χ1v) is 11.7. The summed E-state index contributed by atoms with van der Waals surface area (Å²) < 4.78 is 28.9. The van der Waals surface area contributed by atoms with Crippen LogP contribution in [0.15, 0.2) is 59.5 Å². The van der Waals surface area contributed by atoms with Crippen molar-refractivity contribution in [3.8, 4) is 34.3 Å². The van der Waals surface area contributed by atoms with Crippen molar-refractivity contribution in [2.75, 3.05) is 13.4 Å². The second-order valence-electron chi connectivity index (χ2n) is 7.15. The normalized spacial score (nSPS) is 11.1. The van der Waals surface area contributed by atoms with Gasteiger partial charge in [0, 0.05) is 17.4 Å². The van der Waals surface area contributed by atoms with Crippen molar-refractivity contribution in [3.63, 3.8) is 0 Å². The number of hydrogen-bond acceptors (Lipinski definition) is 5. The highest BCUT2D eigenvalue weighted by Gasteiger charge is 2.16. The Kier molecular flexibility index (Phi) is 6.53. The van der Waals surface area contributed by atoms with E-state index in [0.29, 0.717) is 11.3 Å². The molecule has 2 aromatic carbocycles. The van der Waals surface area contributed by atoms with Crippen LogP contribution >= 0.6 is 0 Å². The number of nitrogens with zero attached hydrogens (tertiary/aromatic N) is 2. The Labute approximate surface area is 177 Å². The number of benzene rings is 2. The molecule has 0 amide bonds. The van der Waals surface area contributed by atoms with Gasteiger partial charge < -0.3 is 4.74 Å². The third kappa shape index (κ3) is 4.69. The Balaban J connectivity index is 2.13. The van der Waals surface area contributed by atoms with Crippen molar-refractivity contribution in [2.24, 2.45) is 0 Å². The Hall–Kier alpha value is -3.17. The lowest BCUT2D eigenvalue weighted by molar-refractivity contribution is 0.397. The summed E-state index contributed by atoms with van der Waals surface area (Å²) in [5.74, 6) is 0.263. The van der Waals surface area contributed by atoms with Crippen molar-refractivity contribution in [3.05, 3.63) is 65.7 Å². The molecule has 6 heteroatoms. The largest absolute Gasteiger partial charge is 0.480 e. The van der Waals surface area contributed by atoms with Gasteiger partial charge in [-0.05, 0) is 42.2 Å². The Morgan fingerprint density at radius 3 is 2.20 bits per heavy atom. The minimum absolute atomic E-state index is 0.245. The van der Waals surface area contributed by atoms with E-state index in [-0.39, 0.29) is 10.8 Å². The Morgan fingerprint density at radius 1 is 1.03 bits per heavy atom. The summed E-state index contributed by atoms with van der Waals surface area (Å²) in [7, 11) is -1.80. The van der Waals surface area contributed by atoms with Gasteiger partial charge in [0.15, 0.2) is 9.84 Å². The lowest BCUT2D eigenvalue weighted by Crippen LogP contribution is -1.99.